The Morgan fingerprint density at radius 1 is 1.58 bits per heavy atom. The zero-order valence-electron chi connectivity index (χ0n) is 6.68. The highest BCUT2D eigenvalue weighted by Gasteiger charge is 2.23. The summed E-state index contributed by atoms with van der Waals surface area (Å²) < 4.78 is 5.24. The van der Waals surface area contributed by atoms with Crippen LogP contribution < -0.4 is 0 Å². The van der Waals surface area contributed by atoms with Crippen molar-refractivity contribution in [1.82, 2.24) is 0 Å². The first-order chi connectivity index (χ1) is 5.77. The van der Waals surface area contributed by atoms with Gasteiger partial charge in [-0.05, 0) is 6.08 Å². The van der Waals surface area contributed by atoms with Crippen LogP contribution in [0.3, 0.4) is 0 Å². The Morgan fingerprint density at radius 3 is 2.92 bits per heavy atom. The number of ether oxygens (including phenoxy) is 1. The van der Waals surface area contributed by atoms with Gasteiger partial charge in [0.1, 0.15) is 18.3 Å². The molecular formula is C9H12O3. The Hall–Kier alpha value is -0.860. The van der Waals surface area contributed by atoms with Gasteiger partial charge < -0.3 is 14.9 Å². The molecular weight excluding hydrogens is 156 g/mol. The lowest BCUT2D eigenvalue weighted by molar-refractivity contribution is -0.0655. The van der Waals surface area contributed by atoms with Crippen molar-refractivity contribution in [3.05, 3.63) is 30.5 Å². The van der Waals surface area contributed by atoms with E-state index in [1.165, 1.54) is 0 Å². The fourth-order valence-electron chi connectivity index (χ4n) is 1.04. The van der Waals surface area contributed by atoms with Gasteiger partial charge in [-0.15, -0.1) is 5.73 Å². The maximum Gasteiger partial charge on any atom is 0.111 e. The minimum absolute atomic E-state index is 0.188. The summed E-state index contributed by atoms with van der Waals surface area (Å²) in [7, 11) is 0. The van der Waals surface area contributed by atoms with E-state index in [-0.39, 0.29) is 12.7 Å². The van der Waals surface area contributed by atoms with Crippen LogP contribution in [0.25, 0.3) is 0 Å². The summed E-state index contributed by atoms with van der Waals surface area (Å²) in [5, 5.41) is 18.0. The second kappa shape index (κ2) is 4.24. The van der Waals surface area contributed by atoms with Crippen molar-refractivity contribution in [2.75, 3.05) is 6.61 Å². The predicted molar refractivity (Wildman–Crippen MR) is 44.6 cm³/mol. The second-order valence-corrected chi connectivity index (χ2v) is 2.57. The molecule has 3 unspecified atom stereocenters. The molecule has 3 atom stereocenters. The van der Waals surface area contributed by atoms with Crippen molar-refractivity contribution in [2.45, 2.75) is 18.3 Å². The molecule has 12 heavy (non-hydrogen) atoms. The van der Waals surface area contributed by atoms with Gasteiger partial charge >= 0.3 is 0 Å². The number of hydrogen-bond donors (Lipinski definition) is 2. The molecule has 1 aliphatic rings. The molecule has 0 aromatic carbocycles. The minimum Gasteiger partial charge on any atom is -0.394 e. The zero-order chi connectivity index (χ0) is 8.97. The Morgan fingerprint density at radius 2 is 2.33 bits per heavy atom. The van der Waals surface area contributed by atoms with Crippen LogP contribution in [0.5, 0.6) is 0 Å². The van der Waals surface area contributed by atoms with E-state index >= 15 is 0 Å². The third-order valence-electron chi connectivity index (χ3n) is 1.67. The quantitative estimate of drug-likeness (QED) is 0.451. The Bertz CT molecular complexity index is 216. The van der Waals surface area contributed by atoms with Crippen LogP contribution in [0, 0.1) is 0 Å². The summed E-state index contributed by atoms with van der Waals surface area (Å²) >= 11 is 0. The third kappa shape index (κ3) is 2.06. The molecule has 0 saturated carbocycles. The Labute approximate surface area is 71.3 Å². The average Bonchev–Trinajstić information content (AvgIpc) is 2.09. The molecule has 2 N–H and O–H groups in total. The molecule has 0 saturated heterocycles. The molecule has 0 amide bonds. The van der Waals surface area contributed by atoms with E-state index in [4.69, 9.17) is 9.84 Å². The first-order valence-corrected chi connectivity index (χ1v) is 3.76. The molecule has 66 valence electrons. The summed E-state index contributed by atoms with van der Waals surface area (Å²) in [6, 6.07) is 0. The van der Waals surface area contributed by atoms with Crippen LogP contribution in [0.15, 0.2) is 30.5 Å². The van der Waals surface area contributed by atoms with Crippen molar-refractivity contribution in [1.29, 1.82) is 0 Å². The van der Waals surface area contributed by atoms with Gasteiger partial charge in [-0.1, -0.05) is 18.7 Å². The third-order valence-corrected chi connectivity index (χ3v) is 1.67. The lowest BCUT2D eigenvalue weighted by atomic mass is 10.1. The van der Waals surface area contributed by atoms with E-state index in [1.807, 2.05) is 0 Å². The highest BCUT2D eigenvalue weighted by atomic mass is 16.5. The first kappa shape index (κ1) is 9.23. The van der Waals surface area contributed by atoms with E-state index in [9.17, 15) is 5.11 Å². The molecule has 0 radical (unpaired) electrons. The largest absolute Gasteiger partial charge is 0.394 e. The van der Waals surface area contributed by atoms with E-state index in [0.717, 1.165) is 0 Å². The molecule has 0 aromatic heterocycles. The Kier molecular flexibility index (Phi) is 3.26. The number of aliphatic hydroxyl groups excluding tert-OH is 2. The van der Waals surface area contributed by atoms with Crippen LogP contribution in [-0.2, 0) is 4.74 Å². The predicted octanol–water partition coefficient (Wildman–Crippen LogP) is 0.00430. The maximum atomic E-state index is 9.23. The fraction of sp³-hybridized carbons (Fsp3) is 0.444. The van der Waals surface area contributed by atoms with Gasteiger partial charge in [0.2, 0.25) is 0 Å². The van der Waals surface area contributed by atoms with E-state index in [2.05, 4.69) is 12.3 Å². The summed E-state index contributed by atoms with van der Waals surface area (Å²) in [5.74, 6) is 0. The molecule has 3 heteroatoms. The van der Waals surface area contributed by atoms with E-state index in [0.29, 0.717) is 0 Å². The van der Waals surface area contributed by atoms with Crippen molar-refractivity contribution in [2.24, 2.45) is 0 Å². The monoisotopic (exact) mass is 168 g/mol. The molecule has 1 aliphatic heterocycles. The smallest absolute Gasteiger partial charge is 0.111 e. The molecule has 0 aromatic rings. The minimum atomic E-state index is -0.718. The maximum absolute atomic E-state index is 9.23. The summed E-state index contributed by atoms with van der Waals surface area (Å²) in [4.78, 5) is 0. The summed E-state index contributed by atoms with van der Waals surface area (Å²) in [5.41, 5.74) is 2.58. The van der Waals surface area contributed by atoms with Crippen LogP contribution in [0.2, 0.25) is 0 Å². The number of rotatable bonds is 2. The average molecular weight is 168 g/mol. The van der Waals surface area contributed by atoms with Crippen LogP contribution in [0.1, 0.15) is 0 Å². The summed E-state index contributed by atoms with van der Waals surface area (Å²) in [6.45, 7) is 3.22. The van der Waals surface area contributed by atoms with Gasteiger partial charge in [-0.3, -0.25) is 0 Å². The van der Waals surface area contributed by atoms with Gasteiger partial charge in [0.05, 0.1) is 6.61 Å². The van der Waals surface area contributed by atoms with E-state index < -0.39 is 12.2 Å². The molecule has 3 nitrogen and oxygen atoms in total. The molecule has 0 fully saturated rings. The Balaban J connectivity index is 2.63. The van der Waals surface area contributed by atoms with Crippen LogP contribution >= 0.6 is 0 Å². The van der Waals surface area contributed by atoms with Crippen molar-refractivity contribution >= 4 is 0 Å². The van der Waals surface area contributed by atoms with E-state index in [1.54, 1.807) is 18.2 Å². The lowest BCUT2D eigenvalue weighted by Gasteiger charge is -2.26. The highest BCUT2D eigenvalue weighted by molar-refractivity contribution is 5.08. The fourth-order valence-corrected chi connectivity index (χ4v) is 1.04. The number of aliphatic hydroxyl groups is 2. The van der Waals surface area contributed by atoms with Gasteiger partial charge in [-0.25, -0.2) is 0 Å². The molecule has 0 aliphatic carbocycles. The standard InChI is InChI=1S/C9H12O3/c1-2-3-7-4-5-8(11)9(6-10)12-7/h3-5,7-11H,1,6H2. The normalized spacial score (nSPS) is 34.3. The van der Waals surface area contributed by atoms with Gasteiger partial charge in [-0.2, -0.15) is 0 Å². The van der Waals surface area contributed by atoms with Crippen molar-refractivity contribution in [3.63, 3.8) is 0 Å². The molecule has 1 heterocycles. The topological polar surface area (TPSA) is 49.7 Å². The van der Waals surface area contributed by atoms with Gasteiger partial charge in [0, 0.05) is 0 Å². The van der Waals surface area contributed by atoms with Crippen molar-refractivity contribution in [3.8, 4) is 0 Å². The summed E-state index contributed by atoms with van der Waals surface area (Å²) in [6.07, 6.45) is 3.44. The SMILES string of the molecule is C=C=CC1C=CC(O)C(CO)O1. The molecule has 0 bridgehead atoms. The van der Waals surface area contributed by atoms with Crippen LogP contribution in [0.4, 0.5) is 0 Å². The first-order valence-electron chi connectivity index (χ1n) is 3.76. The molecule has 0 spiro atoms. The molecule has 1 rings (SSSR count). The van der Waals surface area contributed by atoms with Crippen molar-refractivity contribution < 1.29 is 14.9 Å². The van der Waals surface area contributed by atoms with Crippen LogP contribution in [-0.4, -0.2) is 35.1 Å². The lowest BCUT2D eigenvalue weighted by Crippen LogP contribution is -2.37. The number of hydrogen-bond acceptors (Lipinski definition) is 3. The highest BCUT2D eigenvalue weighted by Crippen LogP contribution is 2.12. The van der Waals surface area contributed by atoms with Gasteiger partial charge in [0.15, 0.2) is 0 Å². The van der Waals surface area contributed by atoms with Gasteiger partial charge in [0.25, 0.3) is 0 Å². The zero-order valence-corrected chi connectivity index (χ0v) is 6.68. The second-order valence-electron chi connectivity index (χ2n) is 2.57.